The molecule has 2 heteroatoms. The quantitative estimate of drug-likeness (QED) is 0.818. The minimum Gasteiger partial charge on any atom is -0.291 e. The van der Waals surface area contributed by atoms with Crippen LogP contribution < -0.4 is 5.32 Å². The third-order valence-electron chi connectivity index (χ3n) is 4.47. The Hall–Kier alpha value is -2.37. The van der Waals surface area contributed by atoms with Crippen LogP contribution in [0.5, 0.6) is 0 Å². The van der Waals surface area contributed by atoms with E-state index in [-0.39, 0.29) is 12.1 Å². The summed E-state index contributed by atoms with van der Waals surface area (Å²) >= 11 is 0. The highest BCUT2D eigenvalue weighted by Gasteiger charge is 2.24. The molecule has 0 saturated carbocycles. The van der Waals surface area contributed by atoms with E-state index in [0.29, 0.717) is 5.92 Å². The summed E-state index contributed by atoms with van der Waals surface area (Å²) in [4.78, 5) is 0. The molecular formula is C21H22N2. The lowest BCUT2D eigenvalue weighted by atomic mass is 9.88. The maximum absolute atomic E-state index is 9.67. The summed E-state index contributed by atoms with van der Waals surface area (Å²) in [6, 6.07) is 23.1. The highest BCUT2D eigenvalue weighted by atomic mass is 15.0. The third kappa shape index (κ3) is 3.88. The van der Waals surface area contributed by atoms with E-state index >= 15 is 0 Å². The van der Waals surface area contributed by atoms with Crippen molar-refractivity contribution in [3.63, 3.8) is 0 Å². The van der Waals surface area contributed by atoms with Crippen LogP contribution in [0.4, 0.5) is 0 Å². The zero-order valence-corrected chi connectivity index (χ0v) is 13.2. The maximum atomic E-state index is 9.67. The first kappa shape index (κ1) is 15.5. The van der Waals surface area contributed by atoms with Gasteiger partial charge in [-0.25, -0.2) is 0 Å². The Kier molecular flexibility index (Phi) is 5.24. The largest absolute Gasteiger partial charge is 0.291 e. The topological polar surface area (TPSA) is 35.8 Å². The van der Waals surface area contributed by atoms with Crippen LogP contribution in [0.15, 0.2) is 72.8 Å². The van der Waals surface area contributed by atoms with Gasteiger partial charge in [0.1, 0.15) is 6.04 Å². The zero-order valence-electron chi connectivity index (χ0n) is 13.2. The summed E-state index contributed by atoms with van der Waals surface area (Å²) in [5, 5.41) is 13.3. The Bertz CT molecular complexity index is 630. The zero-order chi connectivity index (χ0) is 15.9. The molecule has 2 aromatic carbocycles. The van der Waals surface area contributed by atoms with Crippen LogP contribution in [0.2, 0.25) is 0 Å². The summed E-state index contributed by atoms with van der Waals surface area (Å²) in [7, 11) is 0. The molecule has 0 heterocycles. The molecule has 0 spiro atoms. The van der Waals surface area contributed by atoms with E-state index in [1.54, 1.807) is 0 Å². The molecule has 116 valence electrons. The minimum absolute atomic E-state index is 0.0392. The molecule has 0 aliphatic heterocycles. The van der Waals surface area contributed by atoms with Crippen LogP contribution in [-0.2, 0) is 0 Å². The van der Waals surface area contributed by atoms with E-state index in [0.717, 1.165) is 12.8 Å². The highest BCUT2D eigenvalue weighted by molar-refractivity contribution is 5.32. The second-order valence-electron chi connectivity index (χ2n) is 6.05. The normalized spacial score (nSPS) is 18.5. The number of nitrogens with one attached hydrogen (secondary N) is 1. The van der Waals surface area contributed by atoms with Crippen LogP contribution in [-0.4, -0.2) is 6.04 Å². The van der Waals surface area contributed by atoms with Gasteiger partial charge in [-0.2, -0.15) is 5.26 Å². The standard InChI is InChI=1S/C21H22N2/c22-16-20(17-10-4-1-5-11-17)23-21(18-12-6-2-7-13-18)19-14-8-3-9-15-19/h2-4,6-10,12-15,17,20-21,23H,1,5,11H2. The van der Waals surface area contributed by atoms with Crippen molar-refractivity contribution in [1.29, 1.82) is 5.26 Å². The molecule has 0 aromatic heterocycles. The van der Waals surface area contributed by atoms with Gasteiger partial charge in [0.25, 0.3) is 0 Å². The summed E-state index contributed by atoms with van der Waals surface area (Å²) in [6.45, 7) is 0. The average molecular weight is 302 g/mol. The van der Waals surface area contributed by atoms with E-state index in [9.17, 15) is 5.26 Å². The van der Waals surface area contributed by atoms with E-state index < -0.39 is 0 Å². The number of allylic oxidation sites excluding steroid dienone is 1. The van der Waals surface area contributed by atoms with Crippen LogP contribution in [0, 0.1) is 17.2 Å². The van der Waals surface area contributed by atoms with Crippen molar-refractivity contribution in [3.8, 4) is 6.07 Å². The molecule has 2 atom stereocenters. The molecule has 1 N–H and O–H groups in total. The first-order chi connectivity index (χ1) is 11.4. The molecule has 1 aliphatic rings. The highest BCUT2D eigenvalue weighted by Crippen LogP contribution is 2.26. The molecule has 0 amide bonds. The van der Waals surface area contributed by atoms with Crippen molar-refractivity contribution < 1.29 is 0 Å². The van der Waals surface area contributed by atoms with Gasteiger partial charge < -0.3 is 0 Å². The van der Waals surface area contributed by atoms with E-state index in [1.165, 1.54) is 17.5 Å². The predicted molar refractivity (Wildman–Crippen MR) is 93.7 cm³/mol. The molecule has 2 nitrogen and oxygen atoms in total. The second-order valence-corrected chi connectivity index (χ2v) is 6.05. The number of hydrogen-bond acceptors (Lipinski definition) is 2. The Morgan fingerprint density at radius 3 is 2.04 bits per heavy atom. The average Bonchev–Trinajstić information content (AvgIpc) is 2.65. The first-order valence-electron chi connectivity index (χ1n) is 8.30. The monoisotopic (exact) mass is 302 g/mol. The summed E-state index contributed by atoms with van der Waals surface area (Å²) in [5.74, 6) is 0.295. The molecule has 23 heavy (non-hydrogen) atoms. The van der Waals surface area contributed by atoms with Gasteiger partial charge >= 0.3 is 0 Å². The summed E-state index contributed by atoms with van der Waals surface area (Å²) in [6.07, 6.45) is 7.80. The number of rotatable bonds is 5. The number of hydrogen-bond donors (Lipinski definition) is 1. The fourth-order valence-electron chi connectivity index (χ4n) is 3.23. The van der Waals surface area contributed by atoms with Crippen molar-refractivity contribution in [1.82, 2.24) is 5.32 Å². The van der Waals surface area contributed by atoms with Crippen molar-refractivity contribution in [2.75, 3.05) is 0 Å². The molecule has 3 rings (SSSR count). The van der Waals surface area contributed by atoms with Gasteiger partial charge in [0.05, 0.1) is 12.1 Å². The first-order valence-corrected chi connectivity index (χ1v) is 8.30. The number of benzene rings is 2. The van der Waals surface area contributed by atoms with E-state index in [1.807, 2.05) is 12.1 Å². The summed E-state index contributed by atoms with van der Waals surface area (Å²) < 4.78 is 0. The molecule has 0 bridgehead atoms. The fraction of sp³-hybridized carbons (Fsp3) is 0.286. The molecular weight excluding hydrogens is 280 g/mol. The van der Waals surface area contributed by atoms with Gasteiger partial charge in [0.2, 0.25) is 0 Å². The fourth-order valence-corrected chi connectivity index (χ4v) is 3.23. The molecule has 0 fully saturated rings. The van der Waals surface area contributed by atoms with Gasteiger partial charge in [0, 0.05) is 5.92 Å². The summed E-state index contributed by atoms with van der Waals surface area (Å²) in [5.41, 5.74) is 2.39. The lowest BCUT2D eigenvalue weighted by Crippen LogP contribution is -2.38. The van der Waals surface area contributed by atoms with Crippen molar-refractivity contribution >= 4 is 0 Å². The molecule has 0 saturated heterocycles. The van der Waals surface area contributed by atoms with Gasteiger partial charge in [-0.1, -0.05) is 72.8 Å². The SMILES string of the molecule is N#CC(NC(c1ccccc1)c1ccccc1)C1C=CCCC1. The molecule has 2 unspecified atom stereocenters. The van der Waals surface area contributed by atoms with Crippen molar-refractivity contribution in [2.24, 2.45) is 5.92 Å². The number of nitrogens with zero attached hydrogens (tertiary/aromatic N) is 1. The van der Waals surface area contributed by atoms with Gasteiger partial charge in [0.15, 0.2) is 0 Å². The Balaban J connectivity index is 1.88. The van der Waals surface area contributed by atoms with E-state index in [4.69, 9.17) is 0 Å². The Morgan fingerprint density at radius 2 is 1.57 bits per heavy atom. The Morgan fingerprint density at radius 1 is 0.957 bits per heavy atom. The van der Waals surface area contributed by atoms with Gasteiger partial charge in [-0.3, -0.25) is 5.32 Å². The maximum Gasteiger partial charge on any atom is 0.102 e. The smallest absolute Gasteiger partial charge is 0.102 e. The predicted octanol–water partition coefficient (Wildman–Crippen LogP) is 4.61. The van der Waals surface area contributed by atoms with Gasteiger partial charge in [-0.05, 0) is 30.4 Å². The van der Waals surface area contributed by atoms with Gasteiger partial charge in [-0.15, -0.1) is 0 Å². The lowest BCUT2D eigenvalue weighted by Gasteiger charge is -2.28. The van der Waals surface area contributed by atoms with Crippen LogP contribution >= 0.6 is 0 Å². The molecule has 0 radical (unpaired) electrons. The van der Waals surface area contributed by atoms with Crippen LogP contribution in [0.25, 0.3) is 0 Å². The lowest BCUT2D eigenvalue weighted by molar-refractivity contribution is 0.410. The molecule has 2 aromatic rings. The second kappa shape index (κ2) is 7.76. The number of nitriles is 1. The minimum atomic E-state index is -0.169. The Labute approximate surface area is 138 Å². The molecule has 1 aliphatic carbocycles. The van der Waals surface area contributed by atoms with Crippen molar-refractivity contribution in [3.05, 3.63) is 83.9 Å². The third-order valence-corrected chi connectivity index (χ3v) is 4.47. The van der Waals surface area contributed by atoms with Crippen LogP contribution in [0.1, 0.15) is 36.4 Å². The van der Waals surface area contributed by atoms with Crippen LogP contribution in [0.3, 0.4) is 0 Å². The van der Waals surface area contributed by atoms with Crippen molar-refractivity contribution in [2.45, 2.75) is 31.3 Å². The van der Waals surface area contributed by atoms with E-state index in [2.05, 4.69) is 72.1 Å².